The number of esters is 1. The van der Waals surface area contributed by atoms with Crippen molar-refractivity contribution in [2.45, 2.75) is 12.3 Å². The average molecular weight is 397 g/mol. The highest BCUT2D eigenvalue weighted by molar-refractivity contribution is 5.96. The molecule has 0 bridgehead atoms. The fraction of sp³-hybridized carbons (Fsp3) is 0.263. The van der Waals surface area contributed by atoms with Crippen LogP contribution in [0, 0.1) is 0 Å². The van der Waals surface area contributed by atoms with Crippen LogP contribution in [0.4, 0.5) is 13.2 Å². The van der Waals surface area contributed by atoms with Gasteiger partial charge in [0.05, 0.1) is 18.2 Å². The molecule has 0 aromatic heterocycles. The third-order valence-electron chi connectivity index (χ3n) is 3.67. The number of alkyl halides is 3. The minimum atomic E-state index is -4.49. The van der Waals surface area contributed by atoms with Crippen LogP contribution >= 0.6 is 0 Å². The molecule has 0 aliphatic carbocycles. The monoisotopic (exact) mass is 397 g/mol. The molecule has 0 fully saturated rings. The van der Waals surface area contributed by atoms with Gasteiger partial charge in [0.25, 0.3) is 5.91 Å². The van der Waals surface area contributed by atoms with Gasteiger partial charge in [0.1, 0.15) is 18.5 Å². The molecule has 2 aromatic carbocycles. The molecule has 1 unspecified atom stereocenters. The first-order valence-corrected chi connectivity index (χ1v) is 8.15. The van der Waals surface area contributed by atoms with Crippen molar-refractivity contribution >= 4 is 11.9 Å². The maximum Gasteiger partial charge on any atom is 0.416 e. The second-order valence-corrected chi connectivity index (χ2v) is 5.77. The molecule has 1 atom stereocenters. The number of benzene rings is 2. The van der Waals surface area contributed by atoms with E-state index in [1.54, 1.807) is 0 Å². The lowest BCUT2D eigenvalue weighted by Gasteiger charge is -2.14. The van der Waals surface area contributed by atoms with Crippen molar-refractivity contribution in [1.29, 1.82) is 0 Å². The number of nitrogens with one attached hydrogen (secondary N) is 1. The van der Waals surface area contributed by atoms with E-state index >= 15 is 0 Å². The topological polar surface area (TPSA) is 84.9 Å². The van der Waals surface area contributed by atoms with Crippen LogP contribution in [-0.2, 0) is 10.9 Å². The molecule has 2 rings (SSSR count). The van der Waals surface area contributed by atoms with E-state index in [1.807, 2.05) is 0 Å². The fourth-order valence-electron chi connectivity index (χ4n) is 2.20. The molecule has 0 aliphatic heterocycles. The van der Waals surface area contributed by atoms with Crippen LogP contribution in [0.1, 0.15) is 26.3 Å². The van der Waals surface area contributed by atoms with Crippen LogP contribution in [-0.4, -0.2) is 43.3 Å². The summed E-state index contributed by atoms with van der Waals surface area (Å²) in [6.07, 6.45) is -5.62. The van der Waals surface area contributed by atoms with E-state index in [0.717, 1.165) is 12.1 Å². The Morgan fingerprint density at radius 2 is 1.75 bits per heavy atom. The third kappa shape index (κ3) is 5.98. The molecule has 2 N–H and O–H groups in total. The summed E-state index contributed by atoms with van der Waals surface area (Å²) in [5.74, 6) is -1.07. The molecule has 0 saturated carbocycles. The van der Waals surface area contributed by atoms with E-state index in [0.29, 0.717) is 0 Å². The highest BCUT2D eigenvalue weighted by Crippen LogP contribution is 2.31. The van der Waals surface area contributed by atoms with Crippen LogP contribution in [0.15, 0.2) is 48.5 Å². The summed E-state index contributed by atoms with van der Waals surface area (Å²) >= 11 is 0. The van der Waals surface area contributed by atoms with Crippen LogP contribution < -0.4 is 10.1 Å². The zero-order valence-corrected chi connectivity index (χ0v) is 14.8. The number of aliphatic hydroxyl groups is 1. The highest BCUT2D eigenvalue weighted by Gasteiger charge is 2.30. The number of carbonyl (C=O) groups excluding carboxylic acids is 2. The molecule has 28 heavy (non-hydrogen) atoms. The summed E-state index contributed by atoms with van der Waals surface area (Å²) in [5, 5.41) is 12.3. The first-order valence-electron chi connectivity index (χ1n) is 8.15. The second kappa shape index (κ2) is 9.23. The largest absolute Gasteiger partial charge is 0.491 e. The van der Waals surface area contributed by atoms with Crippen LogP contribution in [0.25, 0.3) is 0 Å². The smallest absolute Gasteiger partial charge is 0.416 e. The van der Waals surface area contributed by atoms with Gasteiger partial charge in [-0.15, -0.1) is 0 Å². The molecule has 0 saturated heterocycles. The van der Waals surface area contributed by atoms with Crippen molar-refractivity contribution < 1.29 is 37.3 Å². The number of rotatable bonds is 7. The zero-order chi connectivity index (χ0) is 20.7. The predicted molar refractivity (Wildman–Crippen MR) is 93.1 cm³/mol. The lowest BCUT2D eigenvalue weighted by atomic mass is 10.1. The predicted octanol–water partition coefficient (Wildman–Crippen LogP) is 2.66. The minimum Gasteiger partial charge on any atom is -0.491 e. The molecule has 0 radical (unpaired) electrons. The van der Waals surface area contributed by atoms with E-state index < -0.39 is 29.7 Å². The van der Waals surface area contributed by atoms with Crippen molar-refractivity contribution in [1.82, 2.24) is 5.32 Å². The Morgan fingerprint density at radius 1 is 1.11 bits per heavy atom. The summed E-state index contributed by atoms with van der Waals surface area (Å²) in [6, 6.07) is 9.97. The van der Waals surface area contributed by atoms with Crippen LogP contribution in [0.2, 0.25) is 0 Å². The summed E-state index contributed by atoms with van der Waals surface area (Å²) in [5.41, 5.74) is -0.310. The Hall–Kier alpha value is -3.07. The first-order chi connectivity index (χ1) is 13.2. The van der Waals surface area contributed by atoms with E-state index in [9.17, 15) is 27.9 Å². The molecule has 9 heteroatoms. The summed E-state index contributed by atoms with van der Waals surface area (Å²) in [6.45, 7) is -0.473. The fourth-order valence-corrected chi connectivity index (χ4v) is 2.20. The lowest BCUT2D eigenvalue weighted by molar-refractivity contribution is -0.137. The molecule has 1 amide bonds. The van der Waals surface area contributed by atoms with Gasteiger partial charge in [-0.25, -0.2) is 4.79 Å². The Morgan fingerprint density at radius 3 is 2.36 bits per heavy atom. The van der Waals surface area contributed by atoms with Gasteiger partial charge in [-0.3, -0.25) is 4.79 Å². The van der Waals surface area contributed by atoms with Gasteiger partial charge in [0, 0.05) is 12.1 Å². The van der Waals surface area contributed by atoms with Gasteiger partial charge in [0.15, 0.2) is 0 Å². The normalized spacial score (nSPS) is 12.2. The number of aliphatic hydroxyl groups excluding tert-OH is 1. The quantitative estimate of drug-likeness (QED) is 0.702. The number of carbonyl (C=O) groups is 2. The Labute approximate surface area is 158 Å². The summed E-state index contributed by atoms with van der Waals surface area (Å²) < 4.78 is 47.6. The third-order valence-corrected chi connectivity index (χ3v) is 3.67. The van der Waals surface area contributed by atoms with Gasteiger partial charge in [0.2, 0.25) is 0 Å². The highest BCUT2D eigenvalue weighted by atomic mass is 19.4. The average Bonchev–Trinajstić information content (AvgIpc) is 2.69. The van der Waals surface area contributed by atoms with Crippen LogP contribution in [0.3, 0.4) is 0 Å². The maximum absolute atomic E-state index is 12.6. The van der Waals surface area contributed by atoms with E-state index in [1.165, 1.54) is 43.5 Å². The van der Waals surface area contributed by atoms with Crippen molar-refractivity contribution in [3.63, 3.8) is 0 Å². The molecule has 6 nitrogen and oxygen atoms in total. The Balaban J connectivity index is 1.83. The summed E-state index contributed by atoms with van der Waals surface area (Å²) in [7, 11) is 1.24. The van der Waals surface area contributed by atoms with Crippen molar-refractivity contribution in [2.75, 3.05) is 20.3 Å². The molecular weight excluding hydrogens is 379 g/mol. The van der Waals surface area contributed by atoms with Gasteiger partial charge >= 0.3 is 12.1 Å². The standard InChI is InChI=1S/C19H18F3NO5/c1-27-18(26)13-7-5-12(6-8-13)17(25)23-10-15(24)11-28-16-4-2-3-14(9-16)19(20,21)22/h2-9,15,24H,10-11H2,1H3,(H,23,25). The molecular formula is C19H18F3NO5. The van der Waals surface area contributed by atoms with Crippen molar-refractivity contribution in [3.8, 4) is 5.75 Å². The van der Waals surface area contributed by atoms with E-state index in [2.05, 4.69) is 10.1 Å². The Kier molecular flexibility index (Phi) is 7.00. The molecule has 0 heterocycles. The number of methoxy groups -OCH3 is 1. The number of amides is 1. The Bertz CT molecular complexity index is 821. The van der Waals surface area contributed by atoms with Gasteiger partial charge < -0.3 is 19.9 Å². The molecule has 150 valence electrons. The minimum absolute atomic E-state index is 0.0430. The van der Waals surface area contributed by atoms with E-state index in [-0.39, 0.29) is 30.0 Å². The molecule has 0 spiro atoms. The lowest BCUT2D eigenvalue weighted by Crippen LogP contribution is -2.35. The van der Waals surface area contributed by atoms with E-state index in [4.69, 9.17) is 4.74 Å². The van der Waals surface area contributed by atoms with Gasteiger partial charge in [-0.1, -0.05) is 6.07 Å². The zero-order valence-electron chi connectivity index (χ0n) is 14.8. The number of hydrogen-bond donors (Lipinski definition) is 2. The summed E-state index contributed by atoms with van der Waals surface area (Å²) in [4.78, 5) is 23.4. The molecule has 0 aliphatic rings. The van der Waals surface area contributed by atoms with Crippen molar-refractivity contribution in [2.24, 2.45) is 0 Å². The van der Waals surface area contributed by atoms with Gasteiger partial charge in [-0.2, -0.15) is 13.2 Å². The number of halogens is 3. The molecule has 2 aromatic rings. The SMILES string of the molecule is COC(=O)c1ccc(C(=O)NCC(O)COc2cccc(C(F)(F)F)c2)cc1. The first kappa shape index (κ1) is 21.2. The second-order valence-electron chi connectivity index (χ2n) is 5.77. The van der Waals surface area contributed by atoms with Gasteiger partial charge in [-0.05, 0) is 42.5 Å². The van der Waals surface area contributed by atoms with Crippen LogP contribution in [0.5, 0.6) is 5.75 Å². The number of ether oxygens (including phenoxy) is 2. The maximum atomic E-state index is 12.6. The number of hydrogen-bond acceptors (Lipinski definition) is 5. The van der Waals surface area contributed by atoms with Crippen molar-refractivity contribution in [3.05, 3.63) is 65.2 Å².